The molecule has 4 aromatic rings. The largest absolute Gasteiger partial charge is 0.382 e. The van der Waals surface area contributed by atoms with Gasteiger partial charge in [0.25, 0.3) is 5.56 Å². The molecule has 44 heavy (non-hydrogen) atoms. The lowest BCUT2D eigenvalue weighted by Crippen LogP contribution is -2.39. The highest BCUT2D eigenvalue weighted by Crippen LogP contribution is 2.27. The summed E-state index contributed by atoms with van der Waals surface area (Å²) < 4.78 is 7.36. The van der Waals surface area contributed by atoms with E-state index in [0.29, 0.717) is 35.8 Å². The third kappa shape index (κ3) is 6.63. The monoisotopic (exact) mass is 594 g/mol. The number of nitrogens with zero attached hydrogens (tertiary/aromatic N) is 4. The van der Waals surface area contributed by atoms with Crippen LogP contribution in [-0.2, 0) is 11.3 Å². The van der Waals surface area contributed by atoms with Crippen molar-refractivity contribution in [2.75, 3.05) is 63.1 Å². The van der Waals surface area contributed by atoms with Gasteiger partial charge in [0.2, 0.25) is 5.95 Å². The molecule has 3 aliphatic rings. The van der Waals surface area contributed by atoms with Gasteiger partial charge in [0.15, 0.2) is 0 Å². The second-order valence-corrected chi connectivity index (χ2v) is 12.1. The third-order valence-electron chi connectivity index (χ3n) is 9.11. The van der Waals surface area contributed by atoms with Gasteiger partial charge >= 0.3 is 0 Å². The van der Waals surface area contributed by atoms with Crippen molar-refractivity contribution in [3.63, 3.8) is 0 Å². The smallest absolute Gasteiger partial charge is 0.260 e. The fourth-order valence-corrected chi connectivity index (χ4v) is 6.54. The molecule has 3 aliphatic heterocycles. The van der Waals surface area contributed by atoms with Crippen molar-refractivity contribution in [2.24, 2.45) is 0 Å². The second kappa shape index (κ2) is 13.4. The van der Waals surface area contributed by atoms with Gasteiger partial charge in [-0.1, -0.05) is 24.3 Å². The summed E-state index contributed by atoms with van der Waals surface area (Å²) in [7, 11) is 0. The van der Waals surface area contributed by atoms with Crippen molar-refractivity contribution in [3.05, 3.63) is 76.7 Å². The van der Waals surface area contributed by atoms with E-state index in [1.165, 1.54) is 12.0 Å². The Kier molecular flexibility index (Phi) is 8.83. The van der Waals surface area contributed by atoms with Crippen molar-refractivity contribution < 1.29 is 4.74 Å². The molecule has 1 unspecified atom stereocenters. The first kappa shape index (κ1) is 28.9. The van der Waals surface area contributed by atoms with Crippen LogP contribution in [0.1, 0.15) is 37.3 Å². The number of anilines is 3. The maximum atomic E-state index is 14.1. The molecular formula is C34H42N8O2. The van der Waals surface area contributed by atoms with Crippen molar-refractivity contribution in [1.29, 1.82) is 0 Å². The molecule has 1 atom stereocenters. The number of benzene rings is 2. The maximum Gasteiger partial charge on any atom is 0.260 e. The molecule has 0 bridgehead atoms. The van der Waals surface area contributed by atoms with Crippen molar-refractivity contribution >= 4 is 28.4 Å². The molecule has 0 saturated carbocycles. The highest BCUT2D eigenvalue weighted by Gasteiger charge is 2.19. The lowest BCUT2D eigenvalue weighted by Gasteiger charge is -2.27. The van der Waals surface area contributed by atoms with Gasteiger partial charge in [0, 0.05) is 66.8 Å². The standard InChI is InChI=1S/C34H42N8O2/c43-33-30(24-3-5-25(6-4-24)31-2-1-13-36-31)22-26-23-37-34(40-32(26)42(33)17-16-41-18-20-44-21-19-41)39-28-9-7-27(8-10-28)38-29-11-14-35-15-12-29/h3-10,22-23,29,31,35-36,38H,1-2,11-21H2,(H,37,39,40). The van der Waals surface area contributed by atoms with Crippen LogP contribution >= 0.6 is 0 Å². The molecule has 2 aromatic heterocycles. The number of aromatic nitrogens is 3. The quantitative estimate of drug-likeness (QED) is 0.228. The number of rotatable bonds is 9. The van der Waals surface area contributed by atoms with E-state index in [9.17, 15) is 4.79 Å². The number of morpholine rings is 1. The van der Waals surface area contributed by atoms with Gasteiger partial charge in [0.05, 0.1) is 13.2 Å². The number of hydrogen-bond acceptors (Lipinski definition) is 9. The topological polar surface area (TPSA) is 108 Å². The fourth-order valence-electron chi connectivity index (χ4n) is 6.54. The number of piperidine rings is 1. The molecule has 0 radical (unpaired) electrons. The fraction of sp³-hybridized carbons (Fsp3) is 0.441. The van der Waals surface area contributed by atoms with E-state index in [-0.39, 0.29) is 5.56 Å². The van der Waals surface area contributed by atoms with Crippen LogP contribution in [0.2, 0.25) is 0 Å². The Balaban J connectivity index is 1.16. The average Bonchev–Trinajstić information content (AvgIpc) is 3.62. The van der Waals surface area contributed by atoms with Crippen LogP contribution < -0.4 is 26.8 Å². The molecule has 230 valence electrons. The molecule has 5 heterocycles. The Morgan fingerprint density at radius 3 is 2.43 bits per heavy atom. The third-order valence-corrected chi connectivity index (χ3v) is 9.11. The molecule has 10 nitrogen and oxygen atoms in total. The van der Waals surface area contributed by atoms with E-state index in [4.69, 9.17) is 9.72 Å². The highest BCUT2D eigenvalue weighted by atomic mass is 16.5. The molecule has 2 aromatic carbocycles. The first-order valence-corrected chi connectivity index (χ1v) is 16.1. The van der Waals surface area contributed by atoms with Gasteiger partial charge in [-0.05, 0) is 86.8 Å². The van der Waals surface area contributed by atoms with Gasteiger partial charge in [-0.15, -0.1) is 0 Å². The summed E-state index contributed by atoms with van der Waals surface area (Å²) in [5.74, 6) is 0.470. The lowest BCUT2D eigenvalue weighted by molar-refractivity contribution is 0.0364. The number of ether oxygens (including phenoxy) is 1. The zero-order valence-corrected chi connectivity index (χ0v) is 25.2. The van der Waals surface area contributed by atoms with E-state index in [1.807, 2.05) is 29.0 Å². The Bertz CT molecular complexity index is 1600. The normalized spacial score (nSPS) is 19.8. The van der Waals surface area contributed by atoms with Gasteiger partial charge in [-0.25, -0.2) is 4.98 Å². The van der Waals surface area contributed by atoms with Crippen molar-refractivity contribution in [1.82, 2.24) is 30.1 Å². The maximum absolute atomic E-state index is 14.1. The number of hydrogen-bond donors (Lipinski definition) is 4. The van der Waals surface area contributed by atoms with Crippen LogP contribution in [-0.4, -0.2) is 78.0 Å². The van der Waals surface area contributed by atoms with Gasteiger partial charge in [-0.2, -0.15) is 4.98 Å². The van der Waals surface area contributed by atoms with Gasteiger partial charge < -0.3 is 26.0 Å². The summed E-state index contributed by atoms with van der Waals surface area (Å²) >= 11 is 0. The summed E-state index contributed by atoms with van der Waals surface area (Å²) in [6.45, 7) is 7.65. The number of pyridine rings is 1. The highest BCUT2D eigenvalue weighted by molar-refractivity contribution is 5.82. The van der Waals surface area contributed by atoms with E-state index in [1.54, 1.807) is 0 Å². The molecule has 0 amide bonds. The van der Waals surface area contributed by atoms with Gasteiger partial charge in [0.1, 0.15) is 5.65 Å². The van der Waals surface area contributed by atoms with E-state index in [2.05, 4.69) is 67.5 Å². The molecule has 3 saturated heterocycles. The minimum absolute atomic E-state index is 0.0320. The minimum Gasteiger partial charge on any atom is -0.382 e. The summed E-state index contributed by atoms with van der Waals surface area (Å²) in [5.41, 5.74) is 5.48. The summed E-state index contributed by atoms with van der Waals surface area (Å²) in [4.78, 5) is 26.0. The molecule has 0 aliphatic carbocycles. The summed E-state index contributed by atoms with van der Waals surface area (Å²) in [6, 6.07) is 19.5. The van der Waals surface area contributed by atoms with E-state index >= 15 is 0 Å². The van der Waals surface area contributed by atoms with E-state index < -0.39 is 0 Å². The Labute approximate surface area is 258 Å². The molecule has 10 heteroatoms. The van der Waals surface area contributed by atoms with Crippen LogP contribution in [0.4, 0.5) is 17.3 Å². The average molecular weight is 595 g/mol. The van der Waals surface area contributed by atoms with Crippen LogP contribution in [0.25, 0.3) is 22.2 Å². The molecule has 0 spiro atoms. The Hall–Kier alpha value is -3.83. The predicted octanol–water partition coefficient (Wildman–Crippen LogP) is 4.12. The Morgan fingerprint density at radius 1 is 0.909 bits per heavy atom. The van der Waals surface area contributed by atoms with Crippen molar-refractivity contribution in [2.45, 2.75) is 44.3 Å². The Morgan fingerprint density at radius 2 is 1.68 bits per heavy atom. The second-order valence-electron chi connectivity index (χ2n) is 12.1. The molecular weight excluding hydrogens is 552 g/mol. The minimum atomic E-state index is -0.0320. The van der Waals surface area contributed by atoms with Crippen molar-refractivity contribution in [3.8, 4) is 11.1 Å². The summed E-state index contributed by atoms with van der Waals surface area (Å²) in [6.07, 6.45) is 6.43. The summed E-state index contributed by atoms with van der Waals surface area (Å²) in [5, 5.41) is 14.8. The SMILES string of the molecule is O=c1c(-c2ccc(C3CCCN3)cc2)cc2cnc(Nc3ccc(NC4CCNCC4)cc3)nc2n1CCN1CCOCC1. The predicted molar refractivity (Wildman–Crippen MR) is 176 cm³/mol. The van der Waals surface area contributed by atoms with E-state index in [0.717, 1.165) is 94.1 Å². The first-order valence-electron chi connectivity index (χ1n) is 16.1. The van der Waals surface area contributed by atoms with Crippen LogP contribution in [0.5, 0.6) is 0 Å². The van der Waals surface area contributed by atoms with Crippen LogP contribution in [0.15, 0.2) is 65.6 Å². The van der Waals surface area contributed by atoms with Crippen LogP contribution in [0, 0.1) is 0 Å². The first-order chi connectivity index (χ1) is 21.7. The number of fused-ring (bicyclic) bond motifs is 1. The van der Waals surface area contributed by atoms with Gasteiger partial charge in [-0.3, -0.25) is 14.3 Å². The van der Waals surface area contributed by atoms with Crippen LogP contribution in [0.3, 0.4) is 0 Å². The molecule has 4 N–H and O–H groups in total. The number of nitrogens with one attached hydrogen (secondary N) is 4. The lowest BCUT2D eigenvalue weighted by atomic mass is 10.00. The zero-order valence-electron chi connectivity index (χ0n) is 25.2. The zero-order chi connectivity index (χ0) is 29.7. The molecule has 3 fully saturated rings. The molecule has 7 rings (SSSR count).